The molecule has 0 fully saturated rings. The van der Waals surface area contributed by atoms with Crippen molar-refractivity contribution in [2.45, 2.75) is 59.1 Å². The van der Waals surface area contributed by atoms with E-state index in [1.54, 1.807) is 4.90 Å². The molecular formula is C21H28N2O2Si. The third kappa shape index (κ3) is 4.31. The summed E-state index contributed by atoms with van der Waals surface area (Å²) < 4.78 is 7.81. The molecule has 1 aromatic heterocycles. The average molecular weight is 369 g/mol. The summed E-state index contributed by atoms with van der Waals surface area (Å²) in [6, 6.07) is 6.43. The first-order valence-electron chi connectivity index (χ1n) is 9.15. The highest BCUT2D eigenvalue weighted by Crippen LogP contribution is 2.27. The Morgan fingerprint density at radius 2 is 1.92 bits per heavy atom. The molecule has 0 aliphatic carbocycles. The van der Waals surface area contributed by atoms with Crippen LogP contribution < -0.4 is 0 Å². The first kappa shape index (κ1) is 18.6. The van der Waals surface area contributed by atoms with Crippen LogP contribution in [-0.2, 0) is 17.8 Å². The van der Waals surface area contributed by atoms with Gasteiger partial charge in [-0.2, -0.15) is 0 Å². The van der Waals surface area contributed by atoms with Crippen LogP contribution in [0.25, 0.3) is 10.9 Å². The second-order valence-corrected chi connectivity index (χ2v) is 13.7. The summed E-state index contributed by atoms with van der Waals surface area (Å²) >= 11 is 0. The molecule has 2 aromatic rings. The van der Waals surface area contributed by atoms with Crippen molar-refractivity contribution in [3.63, 3.8) is 0 Å². The summed E-state index contributed by atoms with van der Waals surface area (Å²) in [5, 5.41) is 1.19. The van der Waals surface area contributed by atoms with Crippen LogP contribution in [0.1, 0.15) is 31.9 Å². The molecule has 0 spiro atoms. The molecule has 26 heavy (non-hydrogen) atoms. The maximum atomic E-state index is 12.6. The van der Waals surface area contributed by atoms with E-state index in [1.165, 1.54) is 10.9 Å². The number of aromatic nitrogens is 1. The van der Waals surface area contributed by atoms with E-state index in [4.69, 9.17) is 4.74 Å². The standard InChI is InChI=1S/C21H28N2O2Si/c1-21(2,3)25-20(24)23-11-10-22-9-7-17-13-16(8-12-26(4,5)6)14-18(15-23)19(17)22/h7,9,13-14H,10-11,15H2,1-6H3. The number of nitrogens with zero attached hydrogens (tertiary/aromatic N) is 2. The van der Waals surface area contributed by atoms with Gasteiger partial charge in [-0.25, -0.2) is 4.79 Å². The number of carbonyl (C=O) groups is 1. The Morgan fingerprint density at radius 1 is 1.19 bits per heavy atom. The summed E-state index contributed by atoms with van der Waals surface area (Å²) in [4.78, 5) is 14.4. The molecule has 4 nitrogen and oxygen atoms in total. The van der Waals surface area contributed by atoms with E-state index in [0.29, 0.717) is 13.1 Å². The van der Waals surface area contributed by atoms with E-state index in [9.17, 15) is 4.79 Å². The lowest BCUT2D eigenvalue weighted by Crippen LogP contribution is -2.37. The van der Waals surface area contributed by atoms with Crippen molar-refractivity contribution < 1.29 is 9.53 Å². The van der Waals surface area contributed by atoms with Gasteiger partial charge < -0.3 is 14.2 Å². The molecular weight excluding hydrogens is 340 g/mol. The Balaban J connectivity index is 1.97. The number of benzene rings is 1. The molecule has 0 N–H and O–H groups in total. The number of rotatable bonds is 0. The molecule has 1 aliphatic rings. The molecule has 1 aliphatic heterocycles. The van der Waals surface area contributed by atoms with Crippen LogP contribution in [-0.4, -0.2) is 35.8 Å². The van der Waals surface area contributed by atoms with Gasteiger partial charge in [0.2, 0.25) is 0 Å². The molecule has 0 saturated heterocycles. The summed E-state index contributed by atoms with van der Waals surface area (Å²) in [5.74, 6) is 3.36. The molecule has 0 bridgehead atoms. The Kier molecular flexibility index (Phi) is 4.66. The van der Waals surface area contributed by atoms with Gasteiger partial charge in [-0.15, -0.1) is 5.54 Å². The van der Waals surface area contributed by atoms with Crippen molar-refractivity contribution in [3.05, 3.63) is 35.5 Å². The van der Waals surface area contributed by atoms with Crippen LogP contribution >= 0.6 is 0 Å². The van der Waals surface area contributed by atoms with E-state index in [-0.39, 0.29) is 6.09 Å². The van der Waals surface area contributed by atoms with E-state index in [0.717, 1.165) is 17.7 Å². The number of hydrogen-bond donors (Lipinski definition) is 0. The summed E-state index contributed by atoms with van der Waals surface area (Å²) in [5.41, 5.74) is 6.31. The lowest BCUT2D eigenvalue weighted by atomic mass is 10.1. The second kappa shape index (κ2) is 6.51. The van der Waals surface area contributed by atoms with Gasteiger partial charge in [0.05, 0.1) is 12.1 Å². The molecule has 2 heterocycles. The molecule has 1 aromatic carbocycles. The molecule has 3 rings (SSSR count). The van der Waals surface area contributed by atoms with Crippen LogP contribution in [0, 0.1) is 11.5 Å². The van der Waals surface area contributed by atoms with Gasteiger partial charge in [-0.05, 0) is 44.5 Å². The van der Waals surface area contributed by atoms with Crippen LogP contribution in [0.2, 0.25) is 19.6 Å². The zero-order valence-electron chi connectivity index (χ0n) is 16.6. The molecule has 0 unspecified atom stereocenters. The van der Waals surface area contributed by atoms with Crippen molar-refractivity contribution in [2.24, 2.45) is 0 Å². The third-order valence-corrected chi connectivity index (χ3v) is 5.02. The van der Waals surface area contributed by atoms with Gasteiger partial charge in [0, 0.05) is 30.2 Å². The van der Waals surface area contributed by atoms with Crippen molar-refractivity contribution in [1.29, 1.82) is 0 Å². The normalized spacial score (nSPS) is 14.6. The Labute approximate surface area is 157 Å². The van der Waals surface area contributed by atoms with Crippen LogP contribution in [0.5, 0.6) is 0 Å². The van der Waals surface area contributed by atoms with Crippen LogP contribution in [0.4, 0.5) is 4.79 Å². The molecule has 1 amide bonds. The first-order valence-corrected chi connectivity index (χ1v) is 12.6. The van der Waals surface area contributed by atoms with Crippen molar-refractivity contribution in [1.82, 2.24) is 9.47 Å². The zero-order chi connectivity index (χ0) is 19.1. The Morgan fingerprint density at radius 3 is 2.58 bits per heavy atom. The molecule has 0 atom stereocenters. The van der Waals surface area contributed by atoms with E-state index in [2.05, 4.69) is 60.1 Å². The highest BCUT2D eigenvalue weighted by Gasteiger charge is 2.25. The Hall–Kier alpha value is -2.19. The van der Waals surface area contributed by atoms with Gasteiger partial charge in [0.15, 0.2) is 0 Å². The second-order valence-electron chi connectivity index (χ2n) is 8.98. The summed E-state index contributed by atoms with van der Waals surface area (Å²) in [7, 11) is -1.43. The fraction of sp³-hybridized carbons (Fsp3) is 0.476. The van der Waals surface area contributed by atoms with Crippen LogP contribution in [0.15, 0.2) is 24.4 Å². The lowest BCUT2D eigenvalue weighted by Gasteiger charge is -2.26. The molecule has 138 valence electrons. The summed E-state index contributed by atoms with van der Waals surface area (Å²) in [6.45, 7) is 14.4. The minimum Gasteiger partial charge on any atom is -0.444 e. The van der Waals surface area contributed by atoms with Crippen molar-refractivity contribution >= 4 is 25.1 Å². The predicted molar refractivity (Wildman–Crippen MR) is 109 cm³/mol. The number of carbonyl (C=O) groups excluding carboxylic acids is 1. The zero-order valence-corrected chi connectivity index (χ0v) is 17.6. The predicted octanol–water partition coefficient (Wildman–Crippen LogP) is 4.62. The van der Waals surface area contributed by atoms with Gasteiger partial charge in [-0.3, -0.25) is 0 Å². The van der Waals surface area contributed by atoms with E-state index in [1.807, 2.05) is 20.8 Å². The minimum absolute atomic E-state index is 0.255. The number of amides is 1. The van der Waals surface area contributed by atoms with Gasteiger partial charge >= 0.3 is 6.09 Å². The average Bonchev–Trinajstić information content (AvgIpc) is 2.79. The van der Waals surface area contributed by atoms with Gasteiger partial charge in [-0.1, -0.05) is 25.6 Å². The molecule has 0 radical (unpaired) electrons. The van der Waals surface area contributed by atoms with E-state index < -0.39 is 13.7 Å². The first-order chi connectivity index (χ1) is 12.0. The van der Waals surface area contributed by atoms with Crippen molar-refractivity contribution in [2.75, 3.05) is 6.54 Å². The Bertz CT molecular complexity index is 904. The number of ether oxygens (including phenoxy) is 1. The maximum Gasteiger partial charge on any atom is 0.410 e. The van der Waals surface area contributed by atoms with Gasteiger partial charge in [0.1, 0.15) is 13.7 Å². The van der Waals surface area contributed by atoms with E-state index >= 15 is 0 Å². The fourth-order valence-corrected chi connectivity index (χ4v) is 3.59. The lowest BCUT2D eigenvalue weighted by molar-refractivity contribution is 0.0233. The largest absolute Gasteiger partial charge is 0.444 e. The summed E-state index contributed by atoms with van der Waals surface area (Å²) in [6.07, 6.45) is 1.85. The monoisotopic (exact) mass is 368 g/mol. The molecule has 5 heteroatoms. The SMILES string of the molecule is CC(C)(C)OC(=O)N1CCn2ccc3cc(C#C[Si](C)(C)C)cc(c32)C1. The van der Waals surface area contributed by atoms with Crippen LogP contribution in [0.3, 0.4) is 0 Å². The third-order valence-electron chi connectivity index (χ3n) is 4.15. The maximum absolute atomic E-state index is 12.6. The highest BCUT2D eigenvalue weighted by molar-refractivity contribution is 6.83. The smallest absolute Gasteiger partial charge is 0.410 e. The fourth-order valence-electron chi connectivity index (χ4n) is 3.08. The highest BCUT2D eigenvalue weighted by atomic mass is 28.3. The van der Waals surface area contributed by atoms with Crippen molar-refractivity contribution in [3.8, 4) is 11.5 Å². The molecule has 0 saturated carbocycles. The van der Waals surface area contributed by atoms with Gasteiger partial charge in [0.25, 0.3) is 0 Å². The minimum atomic E-state index is -1.43. The number of hydrogen-bond acceptors (Lipinski definition) is 2. The topological polar surface area (TPSA) is 34.5 Å². The quantitative estimate of drug-likeness (QED) is 0.502.